The lowest BCUT2D eigenvalue weighted by molar-refractivity contribution is 0.224. The molecule has 0 bridgehead atoms. The Bertz CT molecular complexity index is 222. The average molecular weight is 256 g/mol. The zero-order valence-corrected chi connectivity index (χ0v) is 11.4. The maximum Gasteiger partial charge on any atom is 0.343 e. The molecule has 0 aliphatic rings. The summed E-state index contributed by atoms with van der Waals surface area (Å²) >= 11 is 0. The summed E-state index contributed by atoms with van der Waals surface area (Å²) < 4.78 is 33.6. The van der Waals surface area contributed by atoms with Gasteiger partial charge < -0.3 is 9.05 Å². The van der Waals surface area contributed by atoms with Crippen molar-refractivity contribution in [2.24, 2.45) is 0 Å². The molecule has 0 fully saturated rings. The van der Waals surface area contributed by atoms with E-state index in [1.54, 1.807) is 13.8 Å². The first-order valence-electron chi connectivity index (χ1n) is 5.31. The zero-order valence-electron chi connectivity index (χ0n) is 9.73. The normalized spacial score (nSPS) is 14.1. The molecular formula is C9H21O4PS. The molecule has 0 saturated heterocycles. The van der Waals surface area contributed by atoms with E-state index in [2.05, 4.69) is 0 Å². The van der Waals surface area contributed by atoms with Crippen molar-refractivity contribution in [1.82, 2.24) is 0 Å². The summed E-state index contributed by atoms with van der Waals surface area (Å²) in [5.41, 5.74) is 0.0225. The van der Waals surface area contributed by atoms with Crippen LogP contribution in [0.5, 0.6) is 0 Å². The Labute approximate surface area is 94.7 Å². The molecule has 1 unspecified atom stereocenters. The monoisotopic (exact) mass is 256 g/mol. The lowest BCUT2D eigenvalue weighted by Gasteiger charge is -2.16. The van der Waals surface area contributed by atoms with E-state index >= 15 is 0 Å². The van der Waals surface area contributed by atoms with Crippen LogP contribution in [0.3, 0.4) is 0 Å². The molecule has 0 N–H and O–H groups in total. The van der Waals surface area contributed by atoms with Gasteiger partial charge in [0, 0.05) is 16.6 Å². The minimum absolute atomic E-state index is 0.0225. The predicted molar refractivity (Wildman–Crippen MR) is 63.6 cm³/mol. The molecule has 6 heteroatoms. The predicted octanol–water partition coefficient (Wildman–Crippen LogP) is 2.76. The number of rotatable bonds is 9. The third-order valence-corrected chi connectivity index (χ3v) is 6.14. The Kier molecular flexibility index (Phi) is 8.62. The summed E-state index contributed by atoms with van der Waals surface area (Å²) in [7, 11) is -4.22. The molecule has 92 valence electrons. The molecule has 0 aliphatic carbocycles. The van der Waals surface area contributed by atoms with Gasteiger partial charge in [-0.25, -0.2) is 0 Å². The van der Waals surface area contributed by atoms with E-state index in [1.807, 2.05) is 6.92 Å². The molecule has 0 radical (unpaired) electrons. The second-order valence-electron chi connectivity index (χ2n) is 3.07. The molecule has 0 aromatic carbocycles. The highest BCUT2D eigenvalue weighted by Gasteiger charge is 2.26. The quantitative estimate of drug-likeness (QED) is 0.595. The highest BCUT2D eigenvalue weighted by Crippen LogP contribution is 2.48. The topological polar surface area (TPSA) is 52.6 Å². The second kappa shape index (κ2) is 8.45. The smallest absolute Gasteiger partial charge is 0.308 e. The van der Waals surface area contributed by atoms with Crippen molar-refractivity contribution in [2.45, 2.75) is 33.6 Å². The molecule has 0 aliphatic heterocycles. The third kappa shape index (κ3) is 7.23. The maximum atomic E-state index is 11.9. The van der Waals surface area contributed by atoms with Gasteiger partial charge in [-0.2, -0.15) is 0 Å². The van der Waals surface area contributed by atoms with E-state index in [0.29, 0.717) is 19.0 Å². The van der Waals surface area contributed by atoms with Gasteiger partial charge in [0.2, 0.25) is 0 Å². The Morgan fingerprint density at radius 2 is 1.67 bits per heavy atom. The Morgan fingerprint density at radius 3 is 2.07 bits per heavy atom. The highest BCUT2D eigenvalue weighted by molar-refractivity contribution is 7.92. The van der Waals surface area contributed by atoms with E-state index in [1.165, 1.54) is 0 Å². The van der Waals surface area contributed by atoms with Crippen LogP contribution in [0, 0.1) is 0 Å². The van der Waals surface area contributed by atoms with Gasteiger partial charge in [0.1, 0.15) is 5.49 Å². The lowest BCUT2D eigenvalue weighted by Crippen LogP contribution is -2.07. The molecule has 1 atom stereocenters. The van der Waals surface area contributed by atoms with E-state index in [0.717, 1.165) is 12.8 Å². The van der Waals surface area contributed by atoms with Gasteiger partial charge in [-0.15, -0.1) is 0 Å². The zero-order chi connectivity index (χ0) is 11.7. The fraction of sp³-hybridized carbons (Fsp3) is 1.00. The first-order chi connectivity index (χ1) is 7.08. The Hall–Kier alpha value is 0.300. The summed E-state index contributed by atoms with van der Waals surface area (Å²) in [6.07, 6.45) is 1.87. The van der Waals surface area contributed by atoms with E-state index in [9.17, 15) is 8.77 Å². The van der Waals surface area contributed by atoms with Gasteiger partial charge >= 0.3 is 7.60 Å². The van der Waals surface area contributed by atoms with Crippen molar-refractivity contribution >= 4 is 18.4 Å². The van der Waals surface area contributed by atoms with Gasteiger partial charge in [0.15, 0.2) is 0 Å². The fourth-order valence-corrected chi connectivity index (χ4v) is 5.05. The standard InChI is InChI=1S/C9H21O4PS/c1-4-7-8-15(11)9-14(10,12-5-2)13-6-3/h4-9H2,1-3H3. The molecule has 0 aromatic heterocycles. The van der Waals surface area contributed by atoms with Crippen molar-refractivity contribution in [3.05, 3.63) is 0 Å². The van der Waals surface area contributed by atoms with Crippen LogP contribution in [0.1, 0.15) is 33.6 Å². The summed E-state index contributed by atoms with van der Waals surface area (Å²) in [5, 5.41) is 0. The van der Waals surface area contributed by atoms with Gasteiger partial charge in [-0.3, -0.25) is 8.77 Å². The minimum atomic E-state index is -3.12. The van der Waals surface area contributed by atoms with Crippen LogP contribution in [0.2, 0.25) is 0 Å². The lowest BCUT2D eigenvalue weighted by atomic mass is 10.4. The minimum Gasteiger partial charge on any atom is -0.308 e. The largest absolute Gasteiger partial charge is 0.343 e. The molecule has 0 aromatic rings. The molecular weight excluding hydrogens is 235 g/mol. The summed E-state index contributed by atoms with van der Waals surface area (Å²) in [6, 6.07) is 0. The van der Waals surface area contributed by atoms with Crippen LogP contribution in [-0.4, -0.2) is 28.7 Å². The Morgan fingerprint density at radius 1 is 1.13 bits per heavy atom. The third-order valence-electron chi connectivity index (χ3n) is 1.68. The molecule has 0 heterocycles. The van der Waals surface area contributed by atoms with Crippen LogP contribution in [-0.2, 0) is 24.4 Å². The van der Waals surface area contributed by atoms with E-state index < -0.39 is 18.4 Å². The van der Waals surface area contributed by atoms with Crippen LogP contribution in [0.15, 0.2) is 0 Å². The number of unbranched alkanes of at least 4 members (excludes halogenated alkanes) is 1. The summed E-state index contributed by atoms with van der Waals surface area (Å²) in [5.74, 6) is 0.570. The van der Waals surface area contributed by atoms with Gasteiger partial charge in [-0.05, 0) is 20.3 Å². The molecule has 0 spiro atoms. The first kappa shape index (κ1) is 15.3. The second-order valence-corrected chi connectivity index (χ2v) is 7.13. The summed E-state index contributed by atoms with van der Waals surface area (Å²) in [6.45, 7) is 6.17. The summed E-state index contributed by atoms with van der Waals surface area (Å²) in [4.78, 5) is 0. The van der Waals surface area contributed by atoms with Crippen LogP contribution < -0.4 is 0 Å². The molecule has 4 nitrogen and oxygen atoms in total. The van der Waals surface area contributed by atoms with Crippen LogP contribution in [0.4, 0.5) is 0 Å². The van der Waals surface area contributed by atoms with Crippen LogP contribution >= 0.6 is 7.60 Å². The molecule has 15 heavy (non-hydrogen) atoms. The van der Waals surface area contributed by atoms with E-state index in [4.69, 9.17) is 9.05 Å². The molecule has 0 rings (SSSR count). The first-order valence-corrected chi connectivity index (χ1v) is 8.52. The molecule has 0 saturated carbocycles. The van der Waals surface area contributed by atoms with Crippen molar-refractivity contribution < 1.29 is 17.8 Å². The van der Waals surface area contributed by atoms with Crippen molar-refractivity contribution in [3.8, 4) is 0 Å². The number of hydrogen-bond donors (Lipinski definition) is 0. The number of hydrogen-bond acceptors (Lipinski definition) is 4. The van der Waals surface area contributed by atoms with Crippen LogP contribution in [0.25, 0.3) is 0 Å². The van der Waals surface area contributed by atoms with Gasteiger partial charge in [0.25, 0.3) is 0 Å². The van der Waals surface area contributed by atoms with Crippen molar-refractivity contribution in [3.63, 3.8) is 0 Å². The SMILES string of the molecule is CCCCS(=O)CP(=O)(OCC)OCC. The maximum absolute atomic E-state index is 11.9. The Balaban J connectivity index is 4.15. The van der Waals surface area contributed by atoms with Gasteiger partial charge in [-0.1, -0.05) is 13.3 Å². The average Bonchev–Trinajstić information content (AvgIpc) is 2.15. The van der Waals surface area contributed by atoms with Gasteiger partial charge in [0.05, 0.1) is 13.2 Å². The van der Waals surface area contributed by atoms with Crippen molar-refractivity contribution in [2.75, 3.05) is 24.5 Å². The highest BCUT2D eigenvalue weighted by atomic mass is 32.2. The molecule has 0 amide bonds. The van der Waals surface area contributed by atoms with Crippen molar-refractivity contribution in [1.29, 1.82) is 0 Å². The van der Waals surface area contributed by atoms with E-state index in [-0.39, 0.29) is 5.49 Å². The fourth-order valence-electron chi connectivity index (χ4n) is 1.05.